The van der Waals surface area contributed by atoms with Gasteiger partial charge in [0.05, 0.1) is 18.2 Å². The van der Waals surface area contributed by atoms with Gasteiger partial charge in [0.2, 0.25) is 11.9 Å². The standard InChI is InChI=1S/C29H34N8O5/c1-6-7-14-36-23-24(33-26(36)35-13-9-12-21(17-35)32-27(40)42-29(2,3)4)34(5)28(41)37(25(23)39)18-22(38)31-20-11-8-10-19(15-20)16-30/h8,10-11,15,21H,9,12-14,17-18H2,1-5H3,(H,31,38)(H,32,40). The SMILES string of the molecule is CC#CCn1c(N2CCCC(NC(=O)OC(C)(C)C)C2)nc2c1c(=O)n(CC(=O)Nc1cccc(C#N)c1)c(=O)n2C. The first kappa shape index (κ1) is 29.9. The molecule has 1 unspecified atom stereocenters. The predicted molar refractivity (Wildman–Crippen MR) is 157 cm³/mol. The molecule has 220 valence electrons. The van der Waals surface area contributed by atoms with Crippen LogP contribution in [0.25, 0.3) is 11.2 Å². The summed E-state index contributed by atoms with van der Waals surface area (Å²) in [6, 6.07) is 8.10. The van der Waals surface area contributed by atoms with Crippen molar-refractivity contribution in [2.24, 2.45) is 7.05 Å². The monoisotopic (exact) mass is 574 g/mol. The van der Waals surface area contributed by atoms with E-state index in [9.17, 15) is 19.2 Å². The molecule has 42 heavy (non-hydrogen) atoms. The molecule has 2 N–H and O–H groups in total. The normalized spacial score (nSPS) is 15.0. The summed E-state index contributed by atoms with van der Waals surface area (Å²) in [6.07, 6.45) is 0.977. The van der Waals surface area contributed by atoms with Gasteiger partial charge in [-0.2, -0.15) is 10.2 Å². The molecule has 4 rings (SSSR count). The van der Waals surface area contributed by atoms with Crippen LogP contribution in [0.5, 0.6) is 0 Å². The number of nitriles is 1. The number of anilines is 2. The fourth-order valence-corrected chi connectivity index (χ4v) is 4.81. The molecule has 1 fully saturated rings. The predicted octanol–water partition coefficient (Wildman–Crippen LogP) is 1.92. The summed E-state index contributed by atoms with van der Waals surface area (Å²) in [5.74, 6) is 5.64. The van der Waals surface area contributed by atoms with Crippen molar-refractivity contribution in [1.29, 1.82) is 5.26 Å². The fourth-order valence-electron chi connectivity index (χ4n) is 4.81. The largest absolute Gasteiger partial charge is 0.444 e. The number of hydrogen-bond donors (Lipinski definition) is 2. The van der Waals surface area contributed by atoms with Gasteiger partial charge in [0.25, 0.3) is 5.56 Å². The van der Waals surface area contributed by atoms with Gasteiger partial charge in [0.1, 0.15) is 12.1 Å². The summed E-state index contributed by atoms with van der Waals surface area (Å²) in [4.78, 5) is 58.9. The van der Waals surface area contributed by atoms with Crippen molar-refractivity contribution in [3.8, 4) is 17.9 Å². The molecule has 1 aliphatic heterocycles. The van der Waals surface area contributed by atoms with E-state index in [1.807, 2.05) is 11.0 Å². The number of aromatic nitrogens is 4. The van der Waals surface area contributed by atoms with Crippen LogP contribution in [-0.2, 0) is 29.7 Å². The Kier molecular flexibility index (Phi) is 8.71. The second kappa shape index (κ2) is 12.2. The van der Waals surface area contributed by atoms with E-state index in [0.717, 1.165) is 17.4 Å². The van der Waals surface area contributed by atoms with Gasteiger partial charge in [-0.1, -0.05) is 12.0 Å². The lowest BCUT2D eigenvalue weighted by Crippen LogP contribution is -2.49. The van der Waals surface area contributed by atoms with Gasteiger partial charge in [-0.15, -0.1) is 5.92 Å². The smallest absolute Gasteiger partial charge is 0.407 e. The number of amides is 2. The van der Waals surface area contributed by atoms with Gasteiger partial charge in [-0.25, -0.2) is 14.2 Å². The number of piperidine rings is 1. The van der Waals surface area contributed by atoms with E-state index < -0.39 is 35.4 Å². The lowest BCUT2D eigenvalue weighted by atomic mass is 10.1. The number of nitrogens with one attached hydrogen (secondary N) is 2. The van der Waals surface area contributed by atoms with Crippen LogP contribution in [0.3, 0.4) is 0 Å². The number of carbonyl (C=O) groups is 2. The highest BCUT2D eigenvalue weighted by molar-refractivity contribution is 5.91. The molecule has 0 saturated carbocycles. The van der Waals surface area contributed by atoms with Gasteiger partial charge in [-0.3, -0.25) is 18.7 Å². The number of imidazole rings is 1. The molecule has 1 aromatic carbocycles. The Morgan fingerprint density at radius 2 is 1.98 bits per heavy atom. The van der Waals surface area contributed by atoms with Crippen LogP contribution in [0.15, 0.2) is 33.9 Å². The minimum Gasteiger partial charge on any atom is -0.444 e. The van der Waals surface area contributed by atoms with Gasteiger partial charge in [-0.05, 0) is 58.7 Å². The number of alkyl carbamates (subject to hydrolysis) is 1. The topological polar surface area (TPSA) is 156 Å². The third kappa shape index (κ3) is 6.63. The van der Waals surface area contributed by atoms with E-state index in [2.05, 4.69) is 27.5 Å². The van der Waals surface area contributed by atoms with E-state index in [1.54, 1.807) is 50.5 Å². The Morgan fingerprint density at radius 3 is 2.67 bits per heavy atom. The van der Waals surface area contributed by atoms with Crippen molar-refractivity contribution >= 4 is 34.8 Å². The fraction of sp³-hybridized carbons (Fsp3) is 0.448. The van der Waals surface area contributed by atoms with E-state index in [4.69, 9.17) is 10.00 Å². The second-order valence-electron chi connectivity index (χ2n) is 11.0. The van der Waals surface area contributed by atoms with Crippen molar-refractivity contribution < 1.29 is 14.3 Å². The molecule has 2 aromatic heterocycles. The maximum atomic E-state index is 13.7. The average molecular weight is 575 g/mol. The first-order valence-electron chi connectivity index (χ1n) is 13.6. The molecule has 13 heteroatoms. The Bertz CT molecular complexity index is 1740. The van der Waals surface area contributed by atoms with E-state index in [-0.39, 0.29) is 23.8 Å². The van der Waals surface area contributed by atoms with E-state index in [0.29, 0.717) is 30.3 Å². The van der Waals surface area contributed by atoms with Crippen LogP contribution < -0.4 is 26.8 Å². The van der Waals surface area contributed by atoms with Gasteiger partial charge < -0.3 is 20.3 Å². The number of aryl methyl sites for hydroxylation is 1. The number of nitrogens with zero attached hydrogens (tertiary/aromatic N) is 6. The third-order valence-corrected chi connectivity index (χ3v) is 6.63. The van der Waals surface area contributed by atoms with Crippen LogP contribution >= 0.6 is 0 Å². The molecule has 0 aliphatic carbocycles. The Balaban J connectivity index is 1.69. The van der Waals surface area contributed by atoms with Crippen molar-refractivity contribution in [1.82, 2.24) is 24.0 Å². The lowest BCUT2D eigenvalue weighted by Gasteiger charge is -2.34. The highest BCUT2D eigenvalue weighted by Gasteiger charge is 2.29. The highest BCUT2D eigenvalue weighted by Crippen LogP contribution is 2.23. The number of hydrogen-bond acceptors (Lipinski definition) is 8. The van der Waals surface area contributed by atoms with Crippen LogP contribution in [0.4, 0.5) is 16.4 Å². The number of fused-ring (bicyclic) bond motifs is 1. The van der Waals surface area contributed by atoms with Crippen LogP contribution in [-0.4, -0.2) is 55.4 Å². The molecular weight excluding hydrogens is 540 g/mol. The second-order valence-corrected chi connectivity index (χ2v) is 11.0. The first-order chi connectivity index (χ1) is 19.9. The van der Waals surface area contributed by atoms with Crippen molar-refractivity contribution in [3.63, 3.8) is 0 Å². The first-order valence-corrected chi connectivity index (χ1v) is 13.6. The van der Waals surface area contributed by atoms with Crippen LogP contribution in [0.1, 0.15) is 46.1 Å². The number of ether oxygens (including phenoxy) is 1. The summed E-state index contributed by atoms with van der Waals surface area (Å²) in [6.45, 7) is 7.68. The highest BCUT2D eigenvalue weighted by atomic mass is 16.6. The molecule has 2 amide bonds. The number of rotatable bonds is 6. The lowest BCUT2D eigenvalue weighted by molar-refractivity contribution is -0.116. The van der Waals surface area contributed by atoms with Gasteiger partial charge in [0.15, 0.2) is 11.2 Å². The van der Waals surface area contributed by atoms with Crippen molar-refractivity contribution in [2.45, 2.75) is 65.3 Å². The van der Waals surface area contributed by atoms with Crippen LogP contribution in [0.2, 0.25) is 0 Å². The Labute approximate surface area is 242 Å². The summed E-state index contributed by atoms with van der Waals surface area (Å²) >= 11 is 0. The molecule has 1 saturated heterocycles. The zero-order valence-corrected chi connectivity index (χ0v) is 24.4. The maximum Gasteiger partial charge on any atom is 0.407 e. The molecule has 0 spiro atoms. The number of benzene rings is 1. The Morgan fingerprint density at radius 1 is 1.21 bits per heavy atom. The average Bonchev–Trinajstić information content (AvgIpc) is 3.32. The van der Waals surface area contributed by atoms with Crippen molar-refractivity contribution in [2.75, 3.05) is 23.3 Å². The summed E-state index contributed by atoms with van der Waals surface area (Å²) in [5.41, 5.74) is -0.976. The quantitative estimate of drug-likeness (QED) is 0.423. The maximum absolute atomic E-state index is 13.7. The Hall–Kier alpha value is -5.04. The molecule has 3 heterocycles. The molecule has 13 nitrogen and oxygen atoms in total. The summed E-state index contributed by atoms with van der Waals surface area (Å²) < 4.78 is 9.15. The summed E-state index contributed by atoms with van der Waals surface area (Å²) in [7, 11) is 1.49. The zero-order valence-electron chi connectivity index (χ0n) is 24.4. The molecule has 3 aromatic rings. The van der Waals surface area contributed by atoms with Crippen LogP contribution in [0, 0.1) is 23.2 Å². The molecular formula is C29H34N8O5. The molecule has 1 aliphatic rings. The van der Waals surface area contributed by atoms with E-state index >= 15 is 0 Å². The van der Waals surface area contributed by atoms with Gasteiger partial charge in [0, 0.05) is 31.9 Å². The molecule has 0 bridgehead atoms. The molecule has 0 radical (unpaired) electrons. The minimum absolute atomic E-state index is 0.129. The number of carbonyl (C=O) groups excluding carboxylic acids is 2. The minimum atomic E-state index is -0.700. The van der Waals surface area contributed by atoms with E-state index in [1.165, 1.54) is 17.7 Å². The summed E-state index contributed by atoms with van der Waals surface area (Å²) in [5, 5.41) is 14.7. The third-order valence-electron chi connectivity index (χ3n) is 6.63. The zero-order chi connectivity index (χ0) is 30.6. The van der Waals surface area contributed by atoms with Gasteiger partial charge >= 0.3 is 11.8 Å². The molecule has 1 atom stereocenters. The van der Waals surface area contributed by atoms with Crippen molar-refractivity contribution in [3.05, 3.63) is 50.7 Å².